The Kier molecular flexibility index (Phi) is 2.94. The molecule has 0 unspecified atom stereocenters. The van der Waals surface area contributed by atoms with E-state index >= 15 is 0 Å². The van der Waals surface area contributed by atoms with Crippen molar-refractivity contribution in [1.29, 1.82) is 0 Å². The summed E-state index contributed by atoms with van der Waals surface area (Å²) in [6, 6.07) is 13.0. The Morgan fingerprint density at radius 2 is 1.64 bits per heavy atom. The maximum Gasteiger partial charge on any atom is 0.0649 e. The maximum atomic E-state index is 2.19. The maximum absolute atomic E-state index is 2.19. The van der Waals surface area contributed by atoms with Crippen LogP contribution < -0.4 is 0 Å². The third-order valence-electron chi connectivity index (χ3n) is 1.96. The van der Waals surface area contributed by atoms with Crippen LogP contribution in [0.3, 0.4) is 0 Å². The monoisotopic (exact) mass is 220 g/mol. The Morgan fingerprint density at radius 1 is 0.929 bits per heavy atom. The van der Waals surface area contributed by atoms with Crippen molar-refractivity contribution in [3.8, 4) is 0 Å². The summed E-state index contributed by atoms with van der Waals surface area (Å²) >= 11 is 3.69. The number of benzene rings is 1. The average Bonchev–Trinajstić information content (AvgIpc) is 2.56. The highest BCUT2D eigenvalue weighted by atomic mass is 32.2. The first kappa shape index (κ1) is 9.81. The largest absolute Gasteiger partial charge is 0.134 e. The van der Waals surface area contributed by atoms with Crippen LogP contribution in [0.4, 0.5) is 0 Å². The predicted octanol–water partition coefficient (Wildman–Crippen LogP) is 4.52. The summed E-state index contributed by atoms with van der Waals surface area (Å²) in [5, 5.41) is 0. The van der Waals surface area contributed by atoms with E-state index in [4.69, 9.17) is 0 Å². The van der Waals surface area contributed by atoms with Gasteiger partial charge in [-0.3, -0.25) is 0 Å². The van der Waals surface area contributed by atoms with Gasteiger partial charge in [0.05, 0.1) is 4.21 Å². The molecule has 0 saturated carbocycles. The van der Waals surface area contributed by atoms with Gasteiger partial charge in [0.1, 0.15) is 0 Å². The van der Waals surface area contributed by atoms with Crippen LogP contribution in [-0.2, 0) is 0 Å². The molecular weight excluding hydrogens is 208 g/mol. The SMILES string of the molecule is Cc1ccc(Sc2ccc(C)s2)cc1. The Bertz CT molecular complexity index is 412. The van der Waals surface area contributed by atoms with Crippen molar-refractivity contribution in [1.82, 2.24) is 0 Å². The van der Waals surface area contributed by atoms with Crippen molar-refractivity contribution in [2.75, 3.05) is 0 Å². The lowest BCUT2D eigenvalue weighted by molar-refractivity contribution is 1.38. The second-order valence-corrected chi connectivity index (χ2v) is 5.94. The van der Waals surface area contributed by atoms with Gasteiger partial charge in [-0.2, -0.15) is 0 Å². The minimum Gasteiger partial charge on any atom is -0.134 e. The molecule has 72 valence electrons. The molecular formula is C12H12S2. The second kappa shape index (κ2) is 4.20. The molecule has 0 bridgehead atoms. The summed E-state index contributed by atoms with van der Waals surface area (Å²) in [6.07, 6.45) is 0. The summed E-state index contributed by atoms with van der Waals surface area (Å²) < 4.78 is 1.37. The van der Waals surface area contributed by atoms with Gasteiger partial charge in [0.25, 0.3) is 0 Å². The molecule has 0 fully saturated rings. The molecule has 0 radical (unpaired) electrons. The van der Waals surface area contributed by atoms with Crippen molar-refractivity contribution >= 4 is 23.1 Å². The molecule has 14 heavy (non-hydrogen) atoms. The molecule has 2 aromatic rings. The summed E-state index contributed by atoms with van der Waals surface area (Å²) in [7, 11) is 0. The number of rotatable bonds is 2. The first-order valence-corrected chi connectivity index (χ1v) is 6.18. The van der Waals surface area contributed by atoms with E-state index < -0.39 is 0 Å². The molecule has 0 amide bonds. The summed E-state index contributed by atoms with van der Waals surface area (Å²) in [4.78, 5) is 2.69. The van der Waals surface area contributed by atoms with Crippen LogP contribution in [0.2, 0.25) is 0 Å². The quantitative estimate of drug-likeness (QED) is 0.717. The van der Waals surface area contributed by atoms with Crippen LogP contribution in [-0.4, -0.2) is 0 Å². The Morgan fingerprint density at radius 3 is 2.21 bits per heavy atom. The second-order valence-electron chi connectivity index (χ2n) is 3.28. The molecule has 0 aliphatic carbocycles. The summed E-state index contributed by atoms with van der Waals surface area (Å²) in [6.45, 7) is 4.26. The third-order valence-corrected chi connectivity index (χ3v) is 4.10. The van der Waals surface area contributed by atoms with Crippen molar-refractivity contribution in [3.05, 3.63) is 46.8 Å². The molecule has 0 N–H and O–H groups in total. The van der Waals surface area contributed by atoms with Gasteiger partial charge in [-0.05, 0) is 38.1 Å². The lowest BCUT2D eigenvalue weighted by Crippen LogP contribution is -1.71. The normalized spacial score (nSPS) is 10.4. The van der Waals surface area contributed by atoms with Crippen molar-refractivity contribution < 1.29 is 0 Å². The Balaban J connectivity index is 2.15. The molecule has 0 nitrogen and oxygen atoms in total. The Hall–Kier alpha value is -0.730. The van der Waals surface area contributed by atoms with E-state index in [9.17, 15) is 0 Å². The van der Waals surface area contributed by atoms with Crippen molar-refractivity contribution in [2.45, 2.75) is 23.0 Å². The van der Waals surface area contributed by atoms with E-state index in [-0.39, 0.29) is 0 Å². The first-order valence-electron chi connectivity index (χ1n) is 4.55. The van der Waals surface area contributed by atoms with Gasteiger partial charge >= 0.3 is 0 Å². The summed E-state index contributed by atoms with van der Waals surface area (Å²) in [5.41, 5.74) is 1.32. The van der Waals surface area contributed by atoms with Gasteiger partial charge < -0.3 is 0 Å². The minimum atomic E-state index is 1.32. The third kappa shape index (κ3) is 2.40. The van der Waals surface area contributed by atoms with Gasteiger partial charge in [-0.25, -0.2) is 0 Å². The van der Waals surface area contributed by atoms with Crippen molar-refractivity contribution in [2.24, 2.45) is 0 Å². The lowest BCUT2D eigenvalue weighted by Gasteiger charge is -1.98. The highest BCUT2D eigenvalue weighted by Gasteiger charge is 1.99. The van der Waals surface area contributed by atoms with E-state index in [0.29, 0.717) is 0 Å². The molecule has 0 aliphatic heterocycles. The van der Waals surface area contributed by atoms with E-state index in [1.165, 1.54) is 19.5 Å². The smallest absolute Gasteiger partial charge is 0.0649 e. The van der Waals surface area contributed by atoms with Crippen LogP contribution in [0.1, 0.15) is 10.4 Å². The number of thiophene rings is 1. The van der Waals surface area contributed by atoms with E-state index in [2.05, 4.69) is 50.2 Å². The van der Waals surface area contributed by atoms with Gasteiger partial charge in [-0.15, -0.1) is 11.3 Å². The zero-order chi connectivity index (χ0) is 9.97. The van der Waals surface area contributed by atoms with Gasteiger partial charge in [0.15, 0.2) is 0 Å². The average molecular weight is 220 g/mol. The van der Waals surface area contributed by atoms with E-state index in [0.717, 1.165) is 0 Å². The lowest BCUT2D eigenvalue weighted by atomic mass is 10.2. The van der Waals surface area contributed by atoms with E-state index in [1.54, 1.807) is 0 Å². The van der Waals surface area contributed by atoms with Crippen LogP contribution in [0, 0.1) is 13.8 Å². The highest BCUT2D eigenvalue weighted by Crippen LogP contribution is 2.32. The predicted molar refractivity (Wildman–Crippen MR) is 64.4 cm³/mol. The zero-order valence-electron chi connectivity index (χ0n) is 8.28. The molecule has 0 atom stereocenters. The molecule has 0 aliphatic rings. The molecule has 2 rings (SSSR count). The standard InChI is InChI=1S/C12H12S2/c1-9-3-6-11(7-4-9)14-12-8-5-10(2)13-12/h3-8H,1-2H3. The Labute approximate surface area is 93.0 Å². The molecule has 1 heterocycles. The first-order chi connectivity index (χ1) is 6.74. The number of hydrogen-bond acceptors (Lipinski definition) is 2. The van der Waals surface area contributed by atoms with Crippen LogP contribution in [0.5, 0.6) is 0 Å². The fraction of sp³-hybridized carbons (Fsp3) is 0.167. The van der Waals surface area contributed by atoms with Gasteiger partial charge in [-0.1, -0.05) is 29.5 Å². The minimum absolute atomic E-state index is 1.32. The van der Waals surface area contributed by atoms with Gasteiger partial charge in [0, 0.05) is 9.77 Å². The summed E-state index contributed by atoms with van der Waals surface area (Å²) in [5.74, 6) is 0. The molecule has 0 saturated heterocycles. The number of hydrogen-bond donors (Lipinski definition) is 0. The highest BCUT2D eigenvalue weighted by molar-refractivity contribution is 8.01. The van der Waals surface area contributed by atoms with Crippen molar-refractivity contribution in [3.63, 3.8) is 0 Å². The van der Waals surface area contributed by atoms with Crippen LogP contribution >= 0.6 is 23.1 Å². The molecule has 0 spiro atoms. The number of aryl methyl sites for hydroxylation is 2. The molecule has 1 aromatic heterocycles. The fourth-order valence-electron chi connectivity index (χ4n) is 1.19. The fourth-order valence-corrected chi connectivity index (χ4v) is 3.27. The van der Waals surface area contributed by atoms with Crippen LogP contribution in [0.25, 0.3) is 0 Å². The topological polar surface area (TPSA) is 0 Å². The van der Waals surface area contributed by atoms with E-state index in [1.807, 2.05) is 23.1 Å². The van der Waals surface area contributed by atoms with Gasteiger partial charge in [0.2, 0.25) is 0 Å². The molecule has 2 heteroatoms. The van der Waals surface area contributed by atoms with Crippen LogP contribution in [0.15, 0.2) is 45.5 Å². The zero-order valence-corrected chi connectivity index (χ0v) is 9.91. The molecule has 1 aromatic carbocycles.